The molecule has 1 aliphatic heterocycles. The first-order chi connectivity index (χ1) is 12.5. The van der Waals surface area contributed by atoms with Gasteiger partial charge in [0.25, 0.3) is 11.5 Å². The SMILES string of the molecule is CO[C@@]12CC[C@@H](O)C[C@@H]1N(C(=O)c1cc(=O)n(-c3ccccc3)[nH]1)CC2. The molecular formula is C19H23N3O4. The Kier molecular flexibility index (Phi) is 4.20. The van der Waals surface area contributed by atoms with Crippen LogP contribution in [0.4, 0.5) is 0 Å². The molecule has 1 aliphatic carbocycles. The molecule has 3 atom stereocenters. The molecule has 0 spiro atoms. The number of amides is 1. The lowest BCUT2D eigenvalue weighted by molar-refractivity contribution is -0.0824. The lowest BCUT2D eigenvalue weighted by atomic mass is 9.79. The first kappa shape index (κ1) is 17.1. The largest absolute Gasteiger partial charge is 0.393 e. The zero-order valence-electron chi connectivity index (χ0n) is 14.7. The normalized spacial score (nSPS) is 28.2. The Hall–Kier alpha value is -2.38. The monoisotopic (exact) mass is 357 g/mol. The van der Waals surface area contributed by atoms with Crippen LogP contribution in [0.3, 0.4) is 0 Å². The van der Waals surface area contributed by atoms with Crippen LogP contribution in [-0.2, 0) is 4.74 Å². The third-order valence-corrected chi connectivity index (χ3v) is 5.79. The Morgan fingerprint density at radius 1 is 1.31 bits per heavy atom. The summed E-state index contributed by atoms with van der Waals surface area (Å²) in [6, 6.07) is 10.3. The number of aromatic amines is 1. The number of benzene rings is 1. The summed E-state index contributed by atoms with van der Waals surface area (Å²) in [6.07, 6.45) is 2.25. The maximum atomic E-state index is 13.1. The molecule has 4 rings (SSSR count). The molecular weight excluding hydrogens is 334 g/mol. The van der Waals surface area contributed by atoms with Crippen molar-refractivity contribution in [1.29, 1.82) is 0 Å². The minimum atomic E-state index is -0.426. The fourth-order valence-electron chi connectivity index (χ4n) is 4.35. The molecule has 1 aromatic heterocycles. The molecule has 0 bridgehead atoms. The summed E-state index contributed by atoms with van der Waals surface area (Å²) in [6.45, 7) is 0.558. The fourth-order valence-corrected chi connectivity index (χ4v) is 4.35. The summed E-state index contributed by atoms with van der Waals surface area (Å²) >= 11 is 0. The number of fused-ring (bicyclic) bond motifs is 1. The highest BCUT2D eigenvalue weighted by molar-refractivity contribution is 5.92. The number of para-hydroxylation sites is 1. The van der Waals surface area contributed by atoms with Gasteiger partial charge in [-0.2, -0.15) is 0 Å². The van der Waals surface area contributed by atoms with Crippen LogP contribution in [0, 0.1) is 0 Å². The molecule has 0 unspecified atom stereocenters. The summed E-state index contributed by atoms with van der Waals surface area (Å²) < 4.78 is 7.15. The summed E-state index contributed by atoms with van der Waals surface area (Å²) in [5.41, 5.74) is 0.264. The predicted octanol–water partition coefficient (Wildman–Crippen LogP) is 1.31. The van der Waals surface area contributed by atoms with E-state index in [1.165, 1.54) is 10.7 Å². The van der Waals surface area contributed by atoms with E-state index in [9.17, 15) is 14.7 Å². The molecule has 1 aromatic carbocycles. The van der Waals surface area contributed by atoms with Crippen LogP contribution in [0.25, 0.3) is 5.69 Å². The Balaban J connectivity index is 1.63. The smallest absolute Gasteiger partial charge is 0.272 e. The fraction of sp³-hybridized carbons (Fsp3) is 0.474. The van der Waals surface area contributed by atoms with Crippen molar-refractivity contribution in [3.63, 3.8) is 0 Å². The molecule has 0 radical (unpaired) electrons. The van der Waals surface area contributed by atoms with Crippen LogP contribution < -0.4 is 5.56 Å². The second-order valence-electron chi connectivity index (χ2n) is 7.14. The standard InChI is InChI=1S/C19H23N3O4/c1-26-19-8-7-14(23)11-16(19)21(10-9-19)18(25)15-12-17(24)22(20-15)13-5-3-2-4-6-13/h2-6,12,14,16,20,23H,7-11H2,1H3/t14-,16+,19-/m1/s1. The number of aliphatic hydroxyl groups is 1. The van der Waals surface area contributed by atoms with E-state index >= 15 is 0 Å². The average Bonchev–Trinajstić information content (AvgIpc) is 3.23. The number of methoxy groups -OCH3 is 1. The molecule has 2 N–H and O–H groups in total. The average molecular weight is 357 g/mol. The molecule has 7 heteroatoms. The van der Waals surface area contributed by atoms with E-state index in [0.717, 1.165) is 12.8 Å². The van der Waals surface area contributed by atoms with Crippen molar-refractivity contribution < 1.29 is 14.6 Å². The molecule has 1 amide bonds. The number of rotatable bonds is 3. The molecule has 2 aromatic rings. The number of nitrogens with one attached hydrogen (secondary N) is 1. The highest BCUT2D eigenvalue weighted by Gasteiger charge is 2.52. The van der Waals surface area contributed by atoms with E-state index in [2.05, 4.69) is 5.10 Å². The first-order valence-corrected chi connectivity index (χ1v) is 8.96. The number of hydrogen-bond acceptors (Lipinski definition) is 4. The van der Waals surface area contributed by atoms with Gasteiger partial charge in [0.05, 0.1) is 23.4 Å². The summed E-state index contributed by atoms with van der Waals surface area (Å²) in [5, 5.41) is 13.0. The quantitative estimate of drug-likeness (QED) is 0.867. The minimum absolute atomic E-state index is 0.174. The second kappa shape index (κ2) is 6.41. The summed E-state index contributed by atoms with van der Waals surface area (Å²) in [7, 11) is 1.67. The van der Waals surface area contributed by atoms with Crippen molar-refractivity contribution in [2.75, 3.05) is 13.7 Å². The molecule has 138 valence electrons. The number of carbonyl (C=O) groups excluding carboxylic acids is 1. The van der Waals surface area contributed by atoms with E-state index in [-0.39, 0.29) is 23.2 Å². The van der Waals surface area contributed by atoms with Crippen molar-refractivity contribution in [3.05, 3.63) is 52.4 Å². The van der Waals surface area contributed by atoms with Crippen LogP contribution in [0.1, 0.15) is 36.2 Å². The zero-order valence-corrected chi connectivity index (χ0v) is 14.7. The van der Waals surface area contributed by atoms with Crippen molar-refractivity contribution in [3.8, 4) is 5.69 Å². The minimum Gasteiger partial charge on any atom is -0.393 e. The Labute approximate surface area is 151 Å². The van der Waals surface area contributed by atoms with Gasteiger partial charge in [0.1, 0.15) is 5.69 Å². The highest BCUT2D eigenvalue weighted by atomic mass is 16.5. The Morgan fingerprint density at radius 2 is 2.08 bits per heavy atom. The summed E-state index contributed by atoms with van der Waals surface area (Å²) in [4.78, 5) is 27.1. The second-order valence-corrected chi connectivity index (χ2v) is 7.14. The topological polar surface area (TPSA) is 87.6 Å². The van der Waals surface area contributed by atoms with E-state index in [1.54, 1.807) is 24.1 Å². The van der Waals surface area contributed by atoms with Crippen molar-refractivity contribution in [2.24, 2.45) is 0 Å². The van der Waals surface area contributed by atoms with E-state index in [4.69, 9.17) is 4.74 Å². The number of H-pyrrole nitrogens is 1. The summed E-state index contributed by atoms with van der Waals surface area (Å²) in [5.74, 6) is -0.227. The van der Waals surface area contributed by atoms with Gasteiger partial charge in [0, 0.05) is 19.7 Å². The Morgan fingerprint density at radius 3 is 2.81 bits per heavy atom. The Bertz CT molecular complexity index is 859. The van der Waals surface area contributed by atoms with E-state index < -0.39 is 11.7 Å². The number of aliphatic hydroxyl groups excluding tert-OH is 1. The molecule has 2 fully saturated rings. The number of aromatic nitrogens is 2. The van der Waals surface area contributed by atoms with Gasteiger partial charge in [-0.3, -0.25) is 14.7 Å². The number of likely N-dealkylation sites (tertiary alicyclic amines) is 1. The van der Waals surface area contributed by atoms with Gasteiger partial charge >= 0.3 is 0 Å². The van der Waals surface area contributed by atoms with Crippen LogP contribution in [-0.4, -0.2) is 57.1 Å². The van der Waals surface area contributed by atoms with Gasteiger partial charge < -0.3 is 14.7 Å². The third kappa shape index (κ3) is 2.68. The highest BCUT2D eigenvalue weighted by Crippen LogP contribution is 2.42. The lowest BCUT2D eigenvalue weighted by Gasteiger charge is -2.42. The van der Waals surface area contributed by atoms with Crippen molar-refractivity contribution in [2.45, 2.75) is 43.4 Å². The maximum Gasteiger partial charge on any atom is 0.272 e. The van der Waals surface area contributed by atoms with Gasteiger partial charge in [0.2, 0.25) is 0 Å². The number of nitrogens with zero attached hydrogens (tertiary/aromatic N) is 2. The number of ether oxygens (including phenoxy) is 1. The van der Waals surface area contributed by atoms with Crippen LogP contribution >= 0.6 is 0 Å². The maximum absolute atomic E-state index is 13.1. The predicted molar refractivity (Wildman–Crippen MR) is 95.4 cm³/mol. The van der Waals surface area contributed by atoms with Crippen molar-refractivity contribution >= 4 is 5.91 Å². The molecule has 1 saturated heterocycles. The molecule has 2 aliphatic rings. The molecule has 2 heterocycles. The van der Waals surface area contributed by atoms with Gasteiger partial charge in [-0.25, -0.2) is 4.68 Å². The lowest BCUT2D eigenvalue weighted by Crippen LogP contribution is -2.52. The van der Waals surface area contributed by atoms with Gasteiger partial charge in [-0.1, -0.05) is 18.2 Å². The third-order valence-electron chi connectivity index (χ3n) is 5.79. The molecule has 1 saturated carbocycles. The van der Waals surface area contributed by atoms with Crippen LogP contribution in [0.2, 0.25) is 0 Å². The van der Waals surface area contributed by atoms with Gasteiger partial charge in [0.15, 0.2) is 0 Å². The van der Waals surface area contributed by atoms with E-state index in [0.29, 0.717) is 25.1 Å². The van der Waals surface area contributed by atoms with Crippen LogP contribution in [0.15, 0.2) is 41.2 Å². The van der Waals surface area contributed by atoms with Gasteiger partial charge in [-0.05, 0) is 37.8 Å². The van der Waals surface area contributed by atoms with Crippen molar-refractivity contribution in [1.82, 2.24) is 14.7 Å². The molecule has 26 heavy (non-hydrogen) atoms. The zero-order chi connectivity index (χ0) is 18.3. The van der Waals surface area contributed by atoms with Gasteiger partial charge in [-0.15, -0.1) is 0 Å². The van der Waals surface area contributed by atoms with Crippen LogP contribution in [0.5, 0.6) is 0 Å². The number of carbonyl (C=O) groups is 1. The van der Waals surface area contributed by atoms with E-state index in [1.807, 2.05) is 18.2 Å². The molecule has 7 nitrogen and oxygen atoms in total. The first-order valence-electron chi connectivity index (χ1n) is 8.96. The number of hydrogen-bond donors (Lipinski definition) is 2.